The Hall–Kier alpha value is -4.18. The zero-order chi connectivity index (χ0) is 33.2. The highest BCUT2D eigenvalue weighted by molar-refractivity contribution is 5.61. The van der Waals surface area contributed by atoms with Gasteiger partial charge in [0, 0.05) is 72.5 Å². The minimum absolute atomic E-state index is 0.867. The average molecular weight is 643 g/mol. The highest BCUT2D eigenvalue weighted by Gasteiger charge is 2.10. The first-order chi connectivity index (χ1) is 23.7. The molecular weight excluding hydrogens is 585 g/mol. The second kappa shape index (κ2) is 19.6. The van der Waals surface area contributed by atoms with Gasteiger partial charge in [0.2, 0.25) is 0 Å². The lowest BCUT2D eigenvalue weighted by Gasteiger charge is -2.04. The molecule has 0 N–H and O–H groups in total. The normalized spacial score (nSPS) is 11.2. The summed E-state index contributed by atoms with van der Waals surface area (Å²) in [6.07, 6.45) is 33.7. The van der Waals surface area contributed by atoms with Crippen LogP contribution in [0.1, 0.15) is 102 Å². The first-order valence-corrected chi connectivity index (χ1v) is 18.7. The molecule has 0 saturated carbocycles. The number of pyridine rings is 4. The minimum Gasteiger partial charge on any atom is -0.205 e. The van der Waals surface area contributed by atoms with Crippen molar-refractivity contribution in [3.63, 3.8) is 0 Å². The zero-order valence-corrected chi connectivity index (χ0v) is 29.6. The summed E-state index contributed by atoms with van der Waals surface area (Å²) >= 11 is 0. The lowest BCUT2D eigenvalue weighted by atomic mass is 10.1. The molecule has 0 spiro atoms. The molecule has 250 valence electrons. The third kappa shape index (κ3) is 11.5. The Morgan fingerprint density at radius 2 is 0.583 bits per heavy atom. The summed E-state index contributed by atoms with van der Waals surface area (Å²) < 4.78 is 9.15. The van der Waals surface area contributed by atoms with Gasteiger partial charge in [0.25, 0.3) is 0 Å². The number of nitrogens with zero attached hydrogens (tertiary/aromatic N) is 4. The van der Waals surface area contributed by atoms with E-state index in [-0.39, 0.29) is 0 Å². The van der Waals surface area contributed by atoms with Gasteiger partial charge in [-0.05, 0) is 35.1 Å². The van der Waals surface area contributed by atoms with E-state index >= 15 is 0 Å². The number of hydrogen-bond acceptors (Lipinski definition) is 0. The van der Waals surface area contributed by atoms with Crippen molar-refractivity contribution in [3.8, 4) is 22.3 Å². The second-order valence-corrected chi connectivity index (χ2v) is 13.5. The van der Waals surface area contributed by atoms with E-state index < -0.39 is 0 Å². The number of aromatic nitrogens is 4. The van der Waals surface area contributed by atoms with Crippen molar-refractivity contribution in [2.24, 2.45) is 0 Å². The molecule has 0 atom stereocenters. The molecule has 1 aromatic carbocycles. The van der Waals surface area contributed by atoms with Gasteiger partial charge in [-0.2, -0.15) is 0 Å². The summed E-state index contributed by atoms with van der Waals surface area (Å²) in [6, 6.07) is 26.9. The largest absolute Gasteiger partial charge is 0.205 e. The van der Waals surface area contributed by atoms with Crippen LogP contribution in [-0.4, -0.2) is 0 Å². The van der Waals surface area contributed by atoms with Crippen LogP contribution in [0.4, 0.5) is 0 Å². The number of unbranched alkanes of at least 4 members (excludes halogenated alkanes) is 10. The molecule has 5 aromatic rings. The molecule has 0 amide bonds. The fraction of sp³-hybridized carbons (Fsp3) is 0.409. The molecule has 4 heteroatoms. The molecule has 0 fully saturated rings. The van der Waals surface area contributed by atoms with Gasteiger partial charge >= 0.3 is 0 Å². The van der Waals surface area contributed by atoms with Gasteiger partial charge in [-0.1, -0.05) is 89.5 Å². The molecule has 0 aliphatic heterocycles. The third-order valence-electron chi connectivity index (χ3n) is 9.52. The number of hydrogen-bond donors (Lipinski definition) is 0. The number of benzene rings is 1. The van der Waals surface area contributed by atoms with Crippen molar-refractivity contribution in [3.05, 3.63) is 133 Å². The van der Waals surface area contributed by atoms with Crippen molar-refractivity contribution in [1.82, 2.24) is 0 Å². The van der Waals surface area contributed by atoms with E-state index in [1.807, 2.05) is 0 Å². The Morgan fingerprint density at radius 1 is 0.312 bits per heavy atom. The van der Waals surface area contributed by atoms with E-state index in [1.54, 1.807) is 0 Å². The number of aryl methyl sites for hydroxylation is 2. The molecule has 0 saturated heterocycles. The third-order valence-corrected chi connectivity index (χ3v) is 9.52. The molecule has 0 aliphatic rings. The van der Waals surface area contributed by atoms with Crippen molar-refractivity contribution in [2.75, 3.05) is 0 Å². The number of rotatable bonds is 20. The fourth-order valence-electron chi connectivity index (χ4n) is 6.43. The maximum absolute atomic E-state index is 2.32. The molecule has 0 aliphatic carbocycles. The maximum atomic E-state index is 2.32. The smallest absolute Gasteiger partial charge is 0.173 e. The summed E-state index contributed by atoms with van der Waals surface area (Å²) in [5.74, 6) is 0. The van der Waals surface area contributed by atoms with Crippen molar-refractivity contribution in [1.29, 1.82) is 0 Å². The van der Waals surface area contributed by atoms with Gasteiger partial charge < -0.3 is 0 Å². The summed E-state index contributed by atoms with van der Waals surface area (Å²) in [7, 11) is 0. The van der Waals surface area contributed by atoms with Gasteiger partial charge in [0.1, 0.15) is 13.1 Å². The van der Waals surface area contributed by atoms with Crippen molar-refractivity contribution >= 4 is 0 Å². The minimum atomic E-state index is 0.867. The van der Waals surface area contributed by atoms with Gasteiger partial charge in [-0.15, -0.1) is 0 Å². The zero-order valence-electron chi connectivity index (χ0n) is 29.6. The Balaban J connectivity index is 1.05. The monoisotopic (exact) mass is 642 g/mol. The molecule has 4 aromatic heterocycles. The Kier molecular flexibility index (Phi) is 14.3. The summed E-state index contributed by atoms with van der Waals surface area (Å²) in [5, 5.41) is 0. The Labute approximate surface area is 290 Å². The van der Waals surface area contributed by atoms with E-state index in [0.717, 1.165) is 26.2 Å². The fourth-order valence-corrected chi connectivity index (χ4v) is 6.43. The first-order valence-electron chi connectivity index (χ1n) is 18.7. The lowest BCUT2D eigenvalue weighted by Crippen LogP contribution is -2.34. The van der Waals surface area contributed by atoms with E-state index in [4.69, 9.17) is 0 Å². The van der Waals surface area contributed by atoms with Gasteiger partial charge in [-0.3, -0.25) is 0 Å². The predicted octanol–water partition coefficient (Wildman–Crippen LogP) is 8.99. The second-order valence-electron chi connectivity index (χ2n) is 13.5. The molecule has 0 unspecified atom stereocenters. The molecule has 4 heterocycles. The van der Waals surface area contributed by atoms with Crippen LogP contribution in [0.15, 0.2) is 122 Å². The SMILES string of the molecule is CCCCCCCC[n+]1ccc(-c2cc[n+](Cc3ccc(C[n+]4ccc(-c5cc[n+](CCCCCCCC)cc5)cc4)cc3)cc2)cc1. The van der Waals surface area contributed by atoms with E-state index in [1.165, 1.54) is 110 Å². The van der Waals surface area contributed by atoms with Crippen LogP contribution in [0.2, 0.25) is 0 Å². The molecule has 4 nitrogen and oxygen atoms in total. The van der Waals surface area contributed by atoms with Crippen LogP contribution >= 0.6 is 0 Å². The van der Waals surface area contributed by atoms with E-state index in [2.05, 4.69) is 154 Å². The Morgan fingerprint density at radius 3 is 0.896 bits per heavy atom. The van der Waals surface area contributed by atoms with Crippen LogP contribution in [-0.2, 0) is 26.2 Å². The summed E-state index contributed by atoms with van der Waals surface area (Å²) in [5.41, 5.74) is 7.68. The van der Waals surface area contributed by atoms with E-state index in [9.17, 15) is 0 Å². The van der Waals surface area contributed by atoms with Crippen molar-refractivity contribution in [2.45, 2.75) is 117 Å². The predicted molar refractivity (Wildman–Crippen MR) is 196 cm³/mol. The quantitative estimate of drug-likeness (QED) is 0.0595. The van der Waals surface area contributed by atoms with Crippen LogP contribution in [0.25, 0.3) is 22.3 Å². The molecule has 48 heavy (non-hydrogen) atoms. The molecule has 5 rings (SSSR count). The maximum Gasteiger partial charge on any atom is 0.173 e. The van der Waals surface area contributed by atoms with Gasteiger partial charge in [0.15, 0.2) is 62.7 Å². The first kappa shape index (κ1) is 35.1. The van der Waals surface area contributed by atoms with Crippen LogP contribution in [0.5, 0.6) is 0 Å². The highest BCUT2D eigenvalue weighted by Crippen LogP contribution is 2.17. The average Bonchev–Trinajstić information content (AvgIpc) is 3.13. The van der Waals surface area contributed by atoms with Gasteiger partial charge in [0.05, 0.1) is 0 Å². The highest BCUT2D eigenvalue weighted by atomic mass is 14.9. The summed E-state index contributed by atoms with van der Waals surface area (Å²) in [6.45, 7) is 8.51. The Bertz CT molecular complexity index is 1470. The summed E-state index contributed by atoms with van der Waals surface area (Å²) in [4.78, 5) is 0. The van der Waals surface area contributed by atoms with Crippen molar-refractivity contribution < 1.29 is 18.3 Å². The standard InChI is InChI=1S/C44H58N4/c1-3-5-7-9-11-13-27-45-29-19-41(20-30-45)43-23-33-47(34-24-43)37-39-15-17-40(18-16-39)38-48-35-25-44(26-36-48)42-21-31-46(32-22-42)28-14-12-10-8-6-4-2/h15-26,29-36H,3-14,27-28,37-38H2,1-2H3/q+4. The molecule has 0 bridgehead atoms. The lowest BCUT2D eigenvalue weighted by molar-refractivity contribution is -0.697. The van der Waals surface area contributed by atoms with Crippen LogP contribution in [0, 0.1) is 0 Å². The van der Waals surface area contributed by atoms with Crippen LogP contribution < -0.4 is 18.3 Å². The topological polar surface area (TPSA) is 15.5 Å². The van der Waals surface area contributed by atoms with Gasteiger partial charge in [-0.25, -0.2) is 18.3 Å². The molecule has 0 radical (unpaired) electrons. The van der Waals surface area contributed by atoms with E-state index in [0.29, 0.717) is 0 Å². The molecular formula is C44H58N4+4. The van der Waals surface area contributed by atoms with Crippen LogP contribution in [0.3, 0.4) is 0 Å².